The van der Waals surface area contributed by atoms with Crippen molar-refractivity contribution >= 4 is 17.4 Å². The second kappa shape index (κ2) is 9.97. The number of allylic oxidation sites excluding steroid dienone is 1. The van der Waals surface area contributed by atoms with Crippen LogP contribution in [0.25, 0.3) is 6.08 Å². The lowest BCUT2D eigenvalue weighted by atomic mass is 10.1. The zero-order chi connectivity index (χ0) is 12.4. The van der Waals surface area contributed by atoms with Crippen LogP contribution in [0.4, 0.5) is 0 Å². The summed E-state index contributed by atoms with van der Waals surface area (Å²) < 4.78 is 0. The lowest BCUT2D eigenvalue weighted by Crippen LogP contribution is -1.75. The molecule has 15 heavy (non-hydrogen) atoms. The van der Waals surface area contributed by atoms with Crippen molar-refractivity contribution in [3.05, 3.63) is 27.0 Å². The van der Waals surface area contributed by atoms with Gasteiger partial charge in [-0.2, -0.15) is 0 Å². The Balaban J connectivity index is 0. The van der Waals surface area contributed by atoms with Crippen molar-refractivity contribution in [1.29, 1.82) is 0 Å². The Morgan fingerprint density at radius 2 is 1.33 bits per heavy atom. The molecule has 88 valence electrons. The first-order chi connectivity index (χ1) is 7.16. The van der Waals surface area contributed by atoms with Gasteiger partial charge in [0.2, 0.25) is 0 Å². The third-order valence-electron chi connectivity index (χ3n) is 1.95. The first kappa shape index (κ1) is 16.9. The van der Waals surface area contributed by atoms with Crippen molar-refractivity contribution in [2.45, 2.75) is 55.4 Å². The second-order valence-corrected chi connectivity index (χ2v) is 4.18. The number of hydrogen-bond donors (Lipinski definition) is 0. The fourth-order valence-electron chi connectivity index (χ4n) is 1.22. The molecule has 0 aliphatic rings. The predicted octanol–water partition coefficient (Wildman–Crippen LogP) is 5.76. The maximum Gasteiger partial charge on any atom is 0.00920 e. The highest BCUT2D eigenvalue weighted by Crippen LogP contribution is 2.27. The molecule has 0 aromatic carbocycles. The standard InChI is InChI=1S/C10H14S.2C2H6/c1-5-6-10-7(2)8(3)11-9(10)4;2*1-2/h5-6H,1-4H3;2*1-2H3/b6-5-;;. The van der Waals surface area contributed by atoms with Crippen molar-refractivity contribution in [2.24, 2.45) is 0 Å². The molecule has 0 saturated carbocycles. The Morgan fingerprint density at radius 3 is 1.60 bits per heavy atom. The quantitative estimate of drug-likeness (QED) is 0.571. The minimum atomic E-state index is 1.41. The molecule has 0 amide bonds. The molecule has 1 heterocycles. The van der Waals surface area contributed by atoms with Crippen LogP contribution in [0.1, 0.15) is 55.5 Å². The van der Waals surface area contributed by atoms with E-state index < -0.39 is 0 Å². The number of aryl methyl sites for hydroxylation is 2. The van der Waals surface area contributed by atoms with Gasteiger partial charge in [0, 0.05) is 9.75 Å². The summed E-state index contributed by atoms with van der Waals surface area (Å²) in [6.45, 7) is 16.6. The Labute approximate surface area is 100 Å². The normalized spacial score (nSPS) is 9.07. The molecule has 0 fully saturated rings. The van der Waals surface area contributed by atoms with Crippen molar-refractivity contribution < 1.29 is 0 Å². The highest BCUT2D eigenvalue weighted by Gasteiger charge is 2.04. The van der Waals surface area contributed by atoms with E-state index in [0.717, 1.165) is 0 Å². The van der Waals surface area contributed by atoms with Crippen LogP contribution >= 0.6 is 11.3 Å². The first-order valence-corrected chi connectivity index (χ1v) is 6.67. The molecule has 1 aromatic rings. The number of thiophene rings is 1. The fraction of sp³-hybridized carbons (Fsp3) is 0.571. The molecule has 0 atom stereocenters. The van der Waals surface area contributed by atoms with Gasteiger partial charge in [-0.3, -0.25) is 0 Å². The maximum absolute atomic E-state index is 2.19. The van der Waals surface area contributed by atoms with Crippen LogP contribution in [0.3, 0.4) is 0 Å². The highest BCUT2D eigenvalue weighted by atomic mass is 32.1. The highest BCUT2D eigenvalue weighted by molar-refractivity contribution is 7.12. The summed E-state index contributed by atoms with van der Waals surface area (Å²) in [7, 11) is 0. The maximum atomic E-state index is 2.19. The van der Waals surface area contributed by atoms with E-state index in [1.54, 1.807) is 0 Å². The molecule has 1 heteroatoms. The van der Waals surface area contributed by atoms with E-state index in [1.165, 1.54) is 20.9 Å². The van der Waals surface area contributed by atoms with Crippen LogP contribution in [0, 0.1) is 20.8 Å². The van der Waals surface area contributed by atoms with Gasteiger partial charge < -0.3 is 0 Å². The summed E-state index contributed by atoms with van der Waals surface area (Å²) in [5.41, 5.74) is 2.85. The van der Waals surface area contributed by atoms with E-state index in [0.29, 0.717) is 0 Å². The average molecular weight is 226 g/mol. The Kier molecular flexibility index (Phi) is 11.2. The summed E-state index contributed by atoms with van der Waals surface area (Å²) in [5, 5.41) is 0. The zero-order valence-corrected chi connectivity index (χ0v) is 12.4. The molecule has 0 unspecified atom stereocenters. The molecule has 0 N–H and O–H groups in total. The molecule has 0 bridgehead atoms. The van der Waals surface area contributed by atoms with Crippen LogP contribution < -0.4 is 0 Å². The average Bonchev–Trinajstić information content (AvgIpc) is 2.51. The third kappa shape index (κ3) is 5.17. The lowest BCUT2D eigenvalue weighted by molar-refractivity contribution is 1.40. The van der Waals surface area contributed by atoms with Crippen molar-refractivity contribution in [3.8, 4) is 0 Å². The van der Waals surface area contributed by atoms with E-state index in [9.17, 15) is 0 Å². The molecule has 1 aromatic heterocycles. The molecule has 0 saturated heterocycles. The minimum absolute atomic E-state index is 1.41. The van der Waals surface area contributed by atoms with Crippen LogP contribution in [0.15, 0.2) is 6.08 Å². The monoisotopic (exact) mass is 226 g/mol. The predicted molar refractivity (Wildman–Crippen MR) is 75.9 cm³/mol. The van der Waals surface area contributed by atoms with E-state index >= 15 is 0 Å². The van der Waals surface area contributed by atoms with Crippen molar-refractivity contribution in [3.63, 3.8) is 0 Å². The van der Waals surface area contributed by atoms with Gasteiger partial charge in [0.05, 0.1) is 0 Å². The smallest absolute Gasteiger partial charge is 0.00920 e. The SMILES string of the molecule is C/C=C\c1c(C)sc(C)c1C.CC.CC. The van der Waals surface area contributed by atoms with Gasteiger partial charge in [0.15, 0.2) is 0 Å². The lowest BCUT2D eigenvalue weighted by Gasteiger charge is -1.92. The van der Waals surface area contributed by atoms with Crippen LogP contribution in [0.2, 0.25) is 0 Å². The summed E-state index contributed by atoms with van der Waals surface area (Å²) in [4.78, 5) is 2.87. The summed E-state index contributed by atoms with van der Waals surface area (Å²) in [6, 6.07) is 0. The summed E-state index contributed by atoms with van der Waals surface area (Å²) in [5.74, 6) is 0. The van der Waals surface area contributed by atoms with Gasteiger partial charge in [-0.25, -0.2) is 0 Å². The molecule has 0 aliphatic heterocycles. The van der Waals surface area contributed by atoms with E-state index in [-0.39, 0.29) is 0 Å². The van der Waals surface area contributed by atoms with Gasteiger partial charge in [-0.1, -0.05) is 39.8 Å². The van der Waals surface area contributed by atoms with Gasteiger partial charge in [-0.05, 0) is 38.8 Å². The molecule has 1 rings (SSSR count). The Bertz CT molecular complexity index is 280. The topological polar surface area (TPSA) is 0 Å². The second-order valence-electron chi connectivity index (χ2n) is 2.75. The van der Waals surface area contributed by atoms with Gasteiger partial charge in [-0.15, -0.1) is 11.3 Å². The van der Waals surface area contributed by atoms with E-state index in [2.05, 4.69) is 39.8 Å². The van der Waals surface area contributed by atoms with Crippen LogP contribution in [-0.4, -0.2) is 0 Å². The first-order valence-electron chi connectivity index (χ1n) is 5.86. The van der Waals surface area contributed by atoms with E-state index in [1.807, 2.05) is 39.0 Å². The largest absolute Gasteiger partial charge is 0.145 e. The fourth-order valence-corrected chi connectivity index (χ4v) is 2.28. The molecule has 0 aliphatic carbocycles. The summed E-state index contributed by atoms with van der Waals surface area (Å²) >= 11 is 1.88. The van der Waals surface area contributed by atoms with E-state index in [4.69, 9.17) is 0 Å². The van der Waals surface area contributed by atoms with Gasteiger partial charge >= 0.3 is 0 Å². The zero-order valence-electron chi connectivity index (χ0n) is 11.6. The van der Waals surface area contributed by atoms with Gasteiger partial charge in [0.1, 0.15) is 0 Å². The molecule has 0 spiro atoms. The molecular weight excluding hydrogens is 200 g/mol. The number of rotatable bonds is 1. The van der Waals surface area contributed by atoms with Crippen LogP contribution in [0.5, 0.6) is 0 Å². The minimum Gasteiger partial charge on any atom is -0.145 e. The van der Waals surface area contributed by atoms with Gasteiger partial charge in [0.25, 0.3) is 0 Å². The summed E-state index contributed by atoms with van der Waals surface area (Å²) in [6.07, 6.45) is 4.29. The number of hydrogen-bond acceptors (Lipinski definition) is 1. The van der Waals surface area contributed by atoms with Crippen molar-refractivity contribution in [1.82, 2.24) is 0 Å². The Hall–Kier alpha value is -0.560. The van der Waals surface area contributed by atoms with Crippen LogP contribution in [-0.2, 0) is 0 Å². The third-order valence-corrected chi connectivity index (χ3v) is 3.09. The van der Waals surface area contributed by atoms with Crippen molar-refractivity contribution in [2.75, 3.05) is 0 Å². The molecular formula is C14H26S. The molecule has 0 nitrogen and oxygen atoms in total. The molecule has 0 radical (unpaired) electrons. The Morgan fingerprint density at radius 1 is 0.867 bits per heavy atom.